The molecule has 208 valence electrons. The van der Waals surface area contributed by atoms with Gasteiger partial charge >= 0.3 is 5.97 Å². The maximum absolute atomic E-state index is 15.7. The first-order valence-corrected chi connectivity index (χ1v) is 12.2. The van der Waals surface area contributed by atoms with Crippen LogP contribution in [0.1, 0.15) is 24.5 Å². The van der Waals surface area contributed by atoms with Crippen LogP contribution in [-0.2, 0) is 16.1 Å². The van der Waals surface area contributed by atoms with Gasteiger partial charge in [-0.05, 0) is 53.8 Å². The monoisotopic (exact) mass is 542 g/mol. The molecule has 1 aromatic heterocycles. The number of carboxylic acids is 1. The second kappa shape index (κ2) is 12.5. The van der Waals surface area contributed by atoms with Crippen molar-refractivity contribution < 1.29 is 33.0 Å². The van der Waals surface area contributed by atoms with E-state index in [1.165, 1.54) is 33.0 Å². The number of pyridine rings is 1. The Hall–Kier alpha value is -4.25. The summed E-state index contributed by atoms with van der Waals surface area (Å²) < 4.78 is 42.3. The fourth-order valence-corrected chi connectivity index (χ4v) is 3.80. The van der Waals surface area contributed by atoms with Gasteiger partial charge in [0.25, 0.3) is 11.8 Å². The molecule has 0 spiro atoms. The number of nitrogens with zero attached hydrogens (tertiary/aromatic N) is 3. The van der Waals surface area contributed by atoms with E-state index in [9.17, 15) is 14.7 Å². The van der Waals surface area contributed by atoms with Gasteiger partial charge in [-0.25, -0.2) is 4.79 Å². The first kappa shape index (κ1) is 29.3. The van der Waals surface area contributed by atoms with Crippen LogP contribution in [0.25, 0.3) is 11.1 Å². The molecule has 2 aromatic carbocycles. The number of anilines is 1. The van der Waals surface area contributed by atoms with Crippen molar-refractivity contribution in [1.82, 2.24) is 9.88 Å². The molecule has 0 aliphatic heterocycles. The summed E-state index contributed by atoms with van der Waals surface area (Å²) in [5.41, 5.74) is 8.47. The summed E-state index contributed by atoms with van der Waals surface area (Å²) in [7, 11) is 4.34. The third-order valence-corrected chi connectivity index (χ3v) is 5.91. The summed E-state index contributed by atoms with van der Waals surface area (Å²) >= 11 is 0. The fourth-order valence-electron chi connectivity index (χ4n) is 3.80. The van der Waals surface area contributed by atoms with Crippen LogP contribution < -0.4 is 20.1 Å². The molecule has 0 aliphatic rings. The molecule has 3 rings (SSSR count). The van der Waals surface area contributed by atoms with Crippen LogP contribution in [0.4, 0.5) is 14.5 Å². The highest BCUT2D eigenvalue weighted by molar-refractivity contribution is 5.81. The summed E-state index contributed by atoms with van der Waals surface area (Å²) in [6, 6.07) is 12.8. The van der Waals surface area contributed by atoms with Gasteiger partial charge in [0.05, 0.1) is 6.54 Å². The van der Waals surface area contributed by atoms with Crippen LogP contribution in [0.2, 0.25) is 0 Å². The zero-order valence-electron chi connectivity index (χ0n) is 22.5. The molecule has 1 heterocycles. The number of halogens is 2. The number of likely N-dealkylation sites (N-methyl/N-ethyl adjacent to an activating group) is 2. The highest BCUT2D eigenvalue weighted by Gasteiger charge is 2.29. The van der Waals surface area contributed by atoms with Gasteiger partial charge in [-0.2, -0.15) is 13.8 Å². The number of carboxylic acid groups (broad SMARTS) is 1. The van der Waals surface area contributed by atoms with E-state index in [2.05, 4.69) is 4.98 Å². The maximum Gasteiger partial charge on any atom is 0.344 e. The SMILES string of the molecule is CC[C@@H](Oc1nc(Oc2cc(C)cc(-c3cccc(CN)c3)c2)c(F)c(N(C)CC(=O)N(C)C)c1F)C(=O)O. The smallest absolute Gasteiger partial charge is 0.344 e. The topological polar surface area (TPSA) is 118 Å². The Labute approximate surface area is 225 Å². The number of carbonyl (C=O) groups excluding carboxylic acids is 1. The molecule has 1 atom stereocenters. The van der Waals surface area contributed by atoms with Crippen molar-refractivity contribution >= 4 is 17.6 Å². The number of aliphatic carboxylic acids is 1. The average Bonchev–Trinajstić information content (AvgIpc) is 2.89. The summed E-state index contributed by atoms with van der Waals surface area (Å²) in [6.45, 7) is 3.36. The summed E-state index contributed by atoms with van der Waals surface area (Å²) in [5.74, 6) is -5.39. The lowest BCUT2D eigenvalue weighted by Gasteiger charge is -2.24. The normalized spacial score (nSPS) is 11.6. The van der Waals surface area contributed by atoms with E-state index in [1.807, 2.05) is 37.3 Å². The van der Waals surface area contributed by atoms with Crippen LogP contribution in [0.3, 0.4) is 0 Å². The van der Waals surface area contributed by atoms with Gasteiger partial charge in [0, 0.05) is 27.7 Å². The number of hydrogen-bond donors (Lipinski definition) is 2. The third-order valence-electron chi connectivity index (χ3n) is 5.91. The zero-order valence-corrected chi connectivity index (χ0v) is 22.5. The molecular weight excluding hydrogens is 510 g/mol. The van der Waals surface area contributed by atoms with Gasteiger partial charge in [0.1, 0.15) is 11.4 Å². The quantitative estimate of drug-likeness (QED) is 0.367. The summed E-state index contributed by atoms with van der Waals surface area (Å²) in [5, 5.41) is 9.40. The van der Waals surface area contributed by atoms with Gasteiger partial charge in [-0.1, -0.05) is 31.2 Å². The minimum Gasteiger partial charge on any atom is -0.479 e. The van der Waals surface area contributed by atoms with E-state index in [1.54, 1.807) is 12.1 Å². The largest absolute Gasteiger partial charge is 0.479 e. The van der Waals surface area contributed by atoms with Crippen LogP contribution in [0.5, 0.6) is 17.5 Å². The molecule has 0 unspecified atom stereocenters. The highest BCUT2D eigenvalue weighted by Crippen LogP contribution is 2.37. The molecule has 3 N–H and O–H groups in total. The van der Waals surface area contributed by atoms with E-state index in [4.69, 9.17) is 15.2 Å². The summed E-state index contributed by atoms with van der Waals surface area (Å²) in [6.07, 6.45) is -1.44. The number of hydrogen-bond acceptors (Lipinski definition) is 7. The predicted molar refractivity (Wildman–Crippen MR) is 143 cm³/mol. The Balaban J connectivity index is 2.10. The molecule has 0 fully saturated rings. The Kier molecular flexibility index (Phi) is 9.42. The highest BCUT2D eigenvalue weighted by atomic mass is 19.1. The number of nitrogens with two attached hydrogens (primary N) is 1. The Morgan fingerprint density at radius 3 is 2.36 bits per heavy atom. The molecule has 39 heavy (non-hydrogen) atoms. The number of carbonyl (C=O) groups is 2. The van der Waals surface area contributed by atoms with Gasteiger partial charge in [0.2, 0.25) is 17.5 Å². The fraction of sp³-hybridized carbons (Fsp3) is 0.321. The lowest BCUT2D eigenvalue weighted by molar-refractivity contribution is -0.145. The van der Waals surface area contributed by atoms with E-state index < -0.39 is 47.1 Å². The number of ether oxygens (including phenoxy) is 2. The van der Waals surface area contributed by atoms with E-state index >= 15 is 8.78 Å². The number of aryl methyl sites for hydroxylation is 1. The van der Waals surface area contributed by atoms with E-state index in [-0.39, 0.29) is 18.7 Å². The molecule has 0 aliphatic carbocycles. The minimum atomic E-state index is -1.44. The van der Waals surface area contributed by atoms with Crippen LogP contribution in [0, 0.1) is 18.6 Å². The molecule has 3 aromatic rings. The van der Waals surface area contributed by atoms with Crippen molar-refractivity contribution in [1.29, 1.82) is 0 Å². The molecule has 11 heteroatoms. The minimum absolute atomic E-state index is 0.00257. The lowest BCUT2D eigenvalue weighted by Crippen LogP contribution is -2.35. The molecule has 0 bridgehead atoms. The molecule has 0 radical (unpaired) electrons. The van der Waals surface area contributed by atoms with Crippen molar-refractivity contribution in [3.63, 3.8) is 0 Å². The van der Waals surface area contributed by atoms with Gasteiger partial charge in [0.15, 0.2) is 6.10 Å². The maximum atomic E-state index is 15.7. The van der Waals surface area contributed by atoms with Gasteiger partial charge in [-0.3, -0.25) is 4.79 Å². The van der Waals surface area contributed by atoms with Crippen LogP contribution >= 0.6 is 0 Å². The van der Waals surface area contributed by atoms with Gasteiger partial charge < -0.3 is 30.1 Å². The van der Waals surface area contributed by atoms with Crippen LogP contribution in [0.15, 0.2) is 42.5 Å². The Bertz CT molecular complexity index is 1370. The van der Waals surface area contributed by atoms with Gasteiger partial charge in [-0.15, -0.1) is 0 Å². The lowest BCUT2D eigenvalue weighted by atomic mass is 10.0. The second-order valence-electron chi connectivity index (χ2n) is 9.24. The molecule has 0 saturated carbocycles. The number of rotatable bonds is 11. The number of aromatic nitrogens is 1. The average molecular weight is 543 g/mol. The van der Waals surface area contributed by atoms with E-state index in [0.29, 0.717) is 6.54 Å². The third kappa shape index (κ3) is 6.99. The van der Waals surface area contributed by atoms with Crippen molar-refractivity contribution in [2.45, 2.75) is 32.9 Å². The zero-order chi connectivity index (χ0) is 28.9. The number of benzene rings is 2. The molecule has 9 nitrogen and oxygen atoms in total. The molecular formula is C28H32F2N4O5. The first-order chi connectivity index (χ1) is 18.4. The van der Waals surface area contributed by atoms with Crippen molar-refractivity contribution in [3.8, 4) is 28.6 Å². The molecule has 1 amide bonds. The van der Waals surface area contributed by atoms with E-state index in [0.717, 1.165) is 27.2 Å². The van der Waals surface area contributed by atoms with Crippen molar-refractivity contribution in [2.24, 2.45) is 5.73 Å². The Morgan fingerprint density at radius 2 is 1.74 bits per heavy atom. The Morgan fingerprint density at radius 1 is 1.05 bits per heavy atom. The predicted octanol–water partition coefficient (Wildman–Crippen LogP) is 4.35. The van der Waals surface area contributed by atoms with Crippen molar-refractivity contribution in [2.75, 3.05) is 32.6 Å². The van der Waals surface area contributed by atoms with Crippen LogP contribution in [-0.4, -0.2) is 60.7 Å². The van der Waals surface area contributed by atoms with Crippen molar-refractivity contribution in [3.05, 3.63) is 65.2 Å². The first-order valence-electron chi connectivity index (χ1n) is 12.2. The number of amides is 1. The summed E-state index contributed by atoms with van der Waals surface area (Å²) in [4.78, 5) is 30.0. The molecule has 0 saturated heterocycles. The standard InChI is InChI=1S/C28H32F2N4O5/c1-6-21(28(36)37)39-27-24(30)25(34(5)15-22(35)33(3)4)23(29)26(32-27)38-20-11-16(2)10-19(13-20)18-9-7-8-17(12-18)14-31/h7-13,21H,6,14-15,31H2,1-5H3,(H,36,37)/t21-/m1/s1. The second-order valence-corrected chi connectivity index (χ2v) is 9.24.